The summed E-state index contributed by atoms with van der Waals surface area (Å²) in [7, 11) is 1.66. The molecule has 0 bridgehead atoms. The summed E-state index contributed by atoms with van der Waals surface area (Å²) in [5.74, 6) is 1.75. The van der Waals surface area contributed by atoms with E-state index in [-0.39, 0.29) is 12.1 Å². The zero-order chi connectivity index (χ0) is 21.1. The van der Waals surface area contributed by atoms with Crippen LogP contribution in [0, 0.1) is 0 Å². The molecule has 4 rings (SSSR count). The molecule has 8 heteroatoms. The van der Waals surface area contributed by atoms with Crippen molar-refractivity contribution in [2.24, 2.45) is 0 Å². The number of urea groups is 1. The van der Waals surface area contributed by atoms with Crippen molar-refractivity contribution in [1.29, 1.82) is 0 Å². The first-order chi connectivity index (χ1) is 14.5. The maximum absolute atomic E-state index is 12.2. The molecule has 0 atom stereocenters. The van der Waals surface area contributed by atoms with Crippen molar-refractivity contribution in [3.8, 4) is 11.4 Å². The fourth-order valence-corrected chi connectivity index (χ4v) is 3.72. The van der Waals surface area contributed by atoms with Crippen molar-refractivity contribution in [1.82, 2.24) is 29.7 Å². The van der Waals surface area contributed by atoms with E-state index < -0.39 is 0 Å². The fourth-order valence-electron chi connectivity index (χ4n) is 3.72. The summed E-state index contributed by atoms with van der Waals surface area (Å²) in [4.78, 5) is 25.9. The van der Waals surface area contributed by atoms with Crippen LogP contribution in [-0.4, -0.2) is 69.7 Å². The summed E-state index contributed by atoms with van der Waals surface area (Å²) >= 11 is 0. The number of hydrogen-bond donors (Lipinski definition) is 1. The van der Waals surface area contributed by atoms with E-state index in [1.165, 1.54) is 0 Å². The van der Waals surface area contributed by atoms with Crippen LogP contribution in [0.25, 0.3) is 16.9 Å². The first-order valence-electron chi connectivity index (χ1n) is 10.3. The van der Waals surface area contributed by atoms with Crippen LogP contribution in [0.5, 0.6) is 5.75 Å². The summed E-state index contributed by atoms with van der Waals surface area (Å²) in [6.45, 7) is 7.69. The summed E-state index contributed by atoms with van der Waals surface area (Å²) in [6.07, 6.45) is 1.79. The maximum Gasteiger partial charge on any atom is 0.317 e. The predicted molar refractivity (Wildman–Crippen MR) is 116 cm³/mol. The smallest absolute Gasteiger partial charge is 0.317 e. The quantitative estimate of drug-likeness (QED) is 0.703. The molecule has 30 heavy (non-hydrogen) atoms. The number of hydrogen-bond acceptors (Lipinski definition) is 5. The van der Waals surface area contributed by atoms with Gasteiger partial charge in [-0.3, -0.25) is 9.47 Å². The largest absolute Gasteiger partial charge is 0.497 e. The fraction of sp³-hybridized carbons (Fsp3) is 0.409. The Hall–Kier alpha value is -3.13. The number of rotatable bonds is 5. The number of fused-ring (bicyclic) bond motifs is 1. The van der Waals surface area contributed by atoms with Gasteiger partial charge in [0.25, 0.3) is 0 Å². The molecule has 158 valence electrons. The lowest BCUT2D eigenvalue weighted by Crippen LogP contribution is -2.52. The van der Waals surface area contributed by atoms with E-state index in [2.05, 4.69) is 19.8 Å². The summed E-state index contributed by atoms with van der Waals surface area (Å²) in [5, 5.41) is 2.97. The van der Waals surface area contributed by atoms with Crippen molar-refractivity contribution in [2.45, 2.75) is 26.4 Å². The minimum absolute atomic E-state index is 0.0133. The van der Waals surface area contributed by atoms with Crippen molar-refractivity contribution in [2.75, 3.05) is 33.3 Å². The zero-order valence-electron chi connectivity index (χ0n) is 17.7. The Kier molecular flexibility index (Phi) is 5.85. The summed E-state index contributed by atoms with van der Waals surface area (Å²) in [5.41, 5.74) is 2.72. The molecular weight excluding hydrogens is 380 g/mol. The molecule has 1 aliphatic rings. The molecular formula is C22H28N6O2. The van der Waals surface area contributed by atoms with E-state index >= 15 is 0 Å². The van der Waals surface area contributed by atoms with Gasteiger partial charge < -0.3 is 15.0 Å². The van der Waals surface area contributed by atoms with Crippen LogP contribution in [0.3, 0.4) is 0 Å². The molecule has 3 aromatic rings. The minimum Gasteiger partial charge on any atom is -0.497 e. The Morgan fingerprint density at radius 1 is 1.13 bits per heavy atom. The van der Waals surface area contributed by atoms with E-state index in [0.29, 0.717) is 19.6 Å². The summed E-state index contributed by atoms with van der Waals surface area (Å²) in [6, 6.07) is 12.0. The average molecular weight is 409 g/mol. The van der Waals surface area contributed by atoms with Gasteiger partial charge in [-0.2, -0.15) is 0 Å². The lowest BCUT2D eigenvalue weighted by molar-refractivity contribution is 0.132. The number of nitrogens with zero attached hydrogens (tertiary/aromatic N) is 5. The van der Waals surface area contributed by atoms with Crippen LogP contribution in [0.15, 0.2) is 42.6 Å². The molecule has 0 spiro atoms. The monoisotopic (exact) mass is 408 g/mol. The molecule has 1 aromatic carbocycles. The number of piperazine rings is 1. The Morgan fingerprint density at radius 3 is 2.53 bits per heavy atom. The second-order valence-electron chi connectivity index (χ2n) is 7.77. The highest BCUT2D eigenvalue weighted by atomic mass is 16.5. The van der Waals surface area contributed by atoms with Crippen LogP contribution in [0.1, 0.15) is 19.7 Å². The van der Waals surface area contributed by atoms with Gasteiger partial charge in [0.15, 0.2) is 5.65 Å². The lowest BCUT2D eigenvalue weighted by atomic mass is 10.3. The van der Waals surface area contributed by atoms with Gasteiger partial charge >= 0.3 is 6.03 Å². The van der Waals surface area contributed by atoms with E-state index in [9.17, 15) is 4.79 Å². The topological polar surface area (TPSA) is 75.5 Å². The van der Waals surface area contributed by atoms with Crippen LogP contribution in [-0.2, 0) is 6.54 Å². The third-order valence-electron chi connectivity index (χ3n) is 5.25. The average Bonchev–Trinajstić information content (AvgIpc) is 3.11. The van der Waals surface area contributed by atoms with Gasteiger partial charge in [0, 0.05) is 44.1 Å². The lowest BCUT2D eigenvalue weighted by Gasteiger charge is -2.34. The number of ether oxygens (including phenoxy) is 1. The van der Waals surface area contributed by atoms with Gasteiger partial charge in [-0.1, -0.05) is 0 Å². The maximum atomic E-state index is 12.2. The van der Waals surface area contributed by atoms with Gasteiger partial charge in [-0.25, -0.2) is 14.8 Å². The molecule has 8 nitrogen and oxygen atoms in total. The molecule has 1 saturated heterocycles. The second kappa shape index (κ2) is 8.71. The standard InChI is InChI=1S/C22H28N6O2/c1-16(2)24-22(29)27-13-11-26(12-14-27)15-20-25-19-5-4-10-23-21(19)28(20)17-6-8-18(30-3)9-7-17/h4-10,16H,11-15H2,1-3H3,(H,24,29). The van der Waals surface area contributed by atoms with E-state index in [4.69, 9.17) is 9.72 Å². The Labute approximate surface area is 176 Å². The number of carbonyl (C=O) groups is 1. The minimum atomic E-state index is 0.0133. The van der Waals surface area contributed by atoms with E-state index in [1.807, 2.05) is 55.1 Å². The molecule has 2 amide bonds. The zero-order valence-corrected chi connectivity index (χ0v) is 17.7. The van der Waals surface area contributed by atoms with Crippen LogP contribution in [0.2, 0.25) is 0 Å². The molecule has 2 aromatic heterocycles. The normalized spacial score (nSPS) is 15.0. The number of aromatic nitrogens is 3. The number of nitrogens with one attached hydrogen (secondary N) is 1. The van der Waals surface area contributed by atoms with Crippen molar-refractivity contribution in [3.63, 3.8) is 0 Å². The number of benzene rings is 1. The molecule has 1 N–H and O–H groups in total. The van der Waals surface area contributed by atoms with Crippen LogP contribution < -0.4 is 10.1 Å². The van der Waals surface area contributed by atoms with E-state index in [0.717, 1.165) is 41.5 Å². The molecule has 1 aliphatic heterocycles. The van der Waals surface area contributed by atoms with Crippen molar-refractivity contribution in [3.05, 3.63) is 48.4 Å². The number of carbonyl (C=O) groups excluding carboxylic acids is 1. The number of amides is 2. The Bertz CT molecular complexity index is 1010. The third-order valence-corrected chi connectivity index (χ3v) is 5.25. The molecule has 0 unspecified atom stereocenters. The van der Waals surface area contributed by atoms with Crippen molar-refractivity contribution < 1.29 is 9.53 Å². The Balaban J connectivity index is 1.54. The molecule has 1 fully saturated rings. The van der Waals surface area contributed by atoms with Gasteiger partial charge in [-0.15, -0.1) is 0 Å². The van der Waals surface area contributed by atoms with E-state index in [1.54, 1.807) is 13.3 Å². The number of methoxy groups -OCH3 is 1. The highest BCUT2D eigenvalue weighted by Gasteiger charge is 2.23. The molecule has 3 heterocycles. The first kappa shape index (κ1) is 20.2. The van der Waals surface area contributed by atoms with Gasteiger partial charge in [0.1, 0.15) is 17.1 Å². The van der Waals surface area contributed by atoms with Crippen molar-refractivity contribution >= 4 is 17.2 Å². The molecule has 0 radical (unpaired) electrons. The van der Waals surface area contributed by atoms with Gasteiger partial charge in [0.2, 0.25) is 0 Å². The second-order valence-corrected chi connectivity index (χ2v) is 7.77. The molecule has 0 aliphatic carbocycles. The molecule has 0 saturated carbocycles. The first-order valence-corrected chi connectivity index (χ1v) is 10.3. The van der Waals surface area contributed by atoms with Crippen LogP contribution >= 0.6 is 0 Å². The number of imidazole rings is 1. The predicted octanol–water partition coefficient (Wildman–Crippen LogP) is 2.66. The SMILES string of the molecule is COc1ccc(-n2c(CN3CCN(C(=O)NC(C)C)CC3)nc3cccnc32)cc1. The van der Waals surface area contributed by atoms with Gasteiger partial charge in [0.05, 0.1) is 13.7 Å². The van der Waals surface area contributed by atoms with Crippen LogP contribution in [0.4, 0.5) is 4.79 Å². The highest BCUT2D eigenvalue weighted by molar-refractivity contribution is 5.75. The number of pyridine rings is 1. The summed E-state index contributed by atoms with van der Waals surface area (Å²) < 4.78 is 7.40. The third kappa shape index (κ3) is 4.23. The highest BCUT2D eigenvalue weighted by Crippen LogP contribution is 2.23. The van der Waals surface area contributed by atoms with Gasteiger partial charge in [-0.05, 0) is 50.2 Å². The Morgan fingerprint density at radius 2 is 1.87 bits per heavy atom.